The van der Waals surface area contributed by atoms with E-state index in [-0.39, 0.29) is 6.61 Å². The fraction of sp³-hybridized carbons (Fsp3) is 0.375. The maximum Gasteiger partial charge on any atom is 0.261 e. The number of halogens is 3. The monoisotopic (exact) mass is 251 g/mol. The maximum atomic E-state index is 11.7. The van der Waals surface area contributed by atoms with Gasteiger partial charge >= 0.3 is 0 Å². The van der Waals surface area contributed by atoms with Gasteiger partial charge in [0.15, 0.2) is 0 Å². The molecule has 0 aromatic carbocycles. The van der Waals surface area contributed by atoms with Crippen LogP contribution < -0.4 is 0 Å². The minimum absolute atomic E-state index is 0.103. The Morgan fingerprint density at radius 1 is 1.54 bits per heavy atom. The van der Waals surface area contributed by atoms with Crippen molar-refractivity contribution in [3.8, 4) is 0 Å². The van der Waals surface area contributed by atoms with E-state index in [1.165, 1.54) is 0 Å². The van der Waals surface area contributed by atoms with Gasteiger partial charge < -0.3 is 4.74 Å². The first-order valence-corrected chi connectivity index (χ1v) is 4.44. The zero-order valence-electron chi connectivity index (χ0n) is 6.71. The van der Waals surface area contributed by atoms with Crippen molar-refractivity contribution in [3.63, 3.8) is 0 Å². The number of alkyl halides is 2. The highest BCUT2D eigenvalue weighted by molar-refractivity contribution is 9.10. The molecule has 0 aliphatic rings. The zero-order valence-corrected chi connectivity index (χ0v) is 8.30. The average molecular weight is 252 g/mol. The Hall–Kier alpha value is -0.550. The molecule has 0 spiro atoms. The third-order valence-electron chi connectivity index (χ3n) is 1.32. The molecule has 0 amide bonds. The highest BCUT2D eigenvalue weighted by atomic mass is 79.9. The van der Waals surface area contributed by atoms with Crippen LogP contribution in [0, 0.1) is 0 Å². The minimum Gasteiger partial charge on any atom is -0.369 e. The fourth-order valence-corrected chi connectivity index (χ4v) is 1.14. The number of pyridine rings is 1. The van der Waals surface area contributed by atoms with Gasteiger partial charge in [-0.05, 0) is 28.1 Å². The molecule has 1 rings (SSSR count). The largest absolute Gasteiger partial charge is 0.369 e. The van der Waals surface area contributed by atoms with E-state index in [2.05, 4.69) is 20.9 Å². The first kappa shape index (κ1) is 10.5. The van der Waals surface area contributed by atoms with Crippen LogP contribution >= 0.6 is 15.9 Å². The number of hydrogen-bond donors (Lipinski definition) is 0. The number of nitrogens with zero attached hydrogens (tertiary/aromatic N) is 1. The highest BCUT2D eigenvalue weighted by Gasteiger charge is 2.04. The second kappa shape index (κ2) is 5.24. The summed E-state index contributed by atoms with van der Waals surface area (Å²) in [5.74, 6) is 0. The molecule has 5 heteroatoms. The lowest BCUT2D eigenvalue weighted by Gasteiger charge is -2.03. The molecule has 0 saturated heterocycles. The SMILES string of the molecule is FC(F)COCc1ncccc1Br. The van der Waals surface area contributed by atoms with E-state index in [0.717, 1.165) is 4.47 Å². The molecular formula is C8H8BrF2NO. The smallest absolute Gasteiger partial charge is 0.261 e. The van der Waals surface area contributed by atoms with E-state index in [0.29, 0.717) is 5.69 Å². The maximum absolute atomic E-state index is 11.7. The van der Waals surface area contributed by atoms with Crippen LogP contribution in [0.4, 0.5) is 8.78 Å². The first-order chi connectivity index (χ1) is 6.20. The van der Waals surface area contributed by atoms with Crippen LogP contribution in [0.25, 0.3) is 0 Å². The quantitative estimate of drug-likeness (QED) is 0.821. The molecule has 0 N–H and O–H groups in total. The fourth-order valence-electron chi connectivity index (χ4n) is 0.769. The topological polar surface area (TPSA) is 22.1 Å². The standard InChI is InChI=1S/C8H8BrF2NO/c9-6-2-1-3-12-7(6)4-13-5-8(10)11/h1-3,8H,4-5H2. The summed E-state index contributed by atoms with van der Waals surface area (Å²) in [4.78, 5) is 3.96. The molecule has 1 heterocycles. The zero-order chi connectivity index (χ0) is 9.68. The molecule has 2 nitrogen and oxygen atoms in total. The summed E-state index contributed by atoms with van der Waals surface area (Å²) < 4.78 is 28.8. The van der Waals surface area contributed by atoms with Gasteiger partial charge in [0.2, 0.25) is 0 Å². The van der Waals surface area contributed by atoms with Gasteiger partial charge in [0.25, 0.3) is 6.43 Å². The predicted octanol–water partition coefficient (Wildman–Crippen LogP) is 2.63. The lowest BCUT2D eigenvalue weighted by atomic mass is 10.4. The van der Waals surface area contributed by atoms with Gasteiger partial charge in [-0.2, -0.15) is 0 Å². The lowest BCUT2D eigenvalue weighted by Crippen LogP contribution is -2.05. The van der Waals surface area contributed by atoms with Crippen LogP contribution in [-0.2, 0) is 11.3 Å². The third-order valence-corrected chi connectivity index (χ3v) is 2.04. The van der Waals surface area contributed by atoms with E-state index in [9.17, 15) is 8.78 Å². The molecular weight excluding hydrogens is 244 g/mol. The third kappa shape index (κ3) is 3.78. The molecule has 0 bridgehead atoms. The summed E-state index contributed by atoms with van der Waals surface area (Å²) in [6.45, 7) is -0.450. The lowest BCUT2D eigenvalue weighted by molar-refractivity contribution is 0.00864. The number of rotatable bonds is 4. The van der Waals surface area contributed by atoms with Gasteiger partial charge in [0.1, 0.15) is 6.61 Å². The van der Waals surface area contributed by atoms with Gasteiger partial charge in [0, 0.05) is 10.7 Å². The number of aromatic nitrogens is 1. The average Bonchev–Trinajstić information content (AvgIpc) is 2.08. The van der Waals surface area contributed by atoms with Crippen molar-refractivity contribution in [2.75, 3.05) is 6.61 Å². The molecule has 0 saturated carbocycles. The second-order valence-electron chi connectivity index (χ2n) is 2.34. The van der Waals surface area contributed by atoms with Gasteiger partial charge in [-0.3, -0.25) is 4.98 Å². The van der Waals surface area contributed by atoms with Crippen LogP contribution in [0.5, 0.6) is 0 Å². The van der Waals surface area contributed by atoms with Gasteiger partial charge in [-0.1, -0.05) is 0 Å². The summed E-state index contributed by atoms with van der Waals surface area (Å²) in [5.41, 5.74) is 0.628. The Balaban J connectivity index is 2.41. The van der Waals surface area contributed by atoms with Crippen LogP contribution in [0.1, 0.15) is 5.69 Å². The Kier molecular flexibility index (Phi) is 4.24. The Bertz CT molecular complexity index is 270. The van der Waals surface area contributed by atoms with Crippen LogP contribution in [-0.4, -0.2) is 18.0 Å². The van der Waals surface area contributed by atoms with E-state index < -0.39 is 13.0 Å². The van der Waals surface area contributed by atoms with E-state index >= 15 is 0 Å². The summed E-state index contributed by atoms with van der Waals surface area (Å²) in [7, 11) is 0. The molecule has 72 valence electrons. The molecule has 0 atom stereocenters. The number of ether oxygens (including phenoxy) is 1. The van der Waals surface area contributed by atoms with Crippen molar-refractivity contribution in [1.82, 2.24) is 4.98 Å². The Labute approximate surface area is 83.1 Å². The summed E-state index contributed by atoms with van der Waals surface area (Å²) in [6, 6.07) is 3.54. The molecule has 13 heavy (non-hydrogen) atoms. The summed E-state index contributed by atoms with van der Waals surface area (Å²) in [6.07, 6.45) is -0.839. The van der Waals surface area contributed by atoms with Gasteiger partial charge in [0.05, 0.1) is 12.3 Å². The van der Waals surface area contributed by atoms with Crippen molar-refractivity contribution >= 4 is 15.9 Å². The van der Waals surface area contributed by atoms with Gasteiger partial charge in [-0.25, -0.2) is 8.78 Å². The van der Waals surface area contributed by atoms with Crippen molar-refractivity contribution in [1.29, 1.82) is 0 Å². The van der Waals surface area contributed by atoms with Gasteiger partial charge in [-0.15, -0.1) is 0 Å². The minimum atomic E-state index is -2.43. The Morgan fingerprint density at radius 3 is 2.92 bits per heavy atom. The second-order valence-corrected chi connectivity index (χ2v) is 3.19. The number of hydrogen-bond acceptors (Lipinski definition) is 2. The van der Waals surface area contributed by atoms with E-state index in [4.69, 9.17) is 4.74 Å². The normalized spacial score (nSPS) is 10.8. The molecule has 0 aliphatic carbocycles. The van der Waals surface area contributed by atoms with E-state index in [1.54, 1.807) is 18.3 Å². The first-order valence-electron chi connectivity index (χ1n) is 3.65. The van der Waals surface area contributed by atoms with Crippen LogP contribution in [0.15, 0.2) is 22.8 Å². The molecule has 0 radical (unpaired) electrons. The molecule has 0 unspecified atom stereocenters. The Morgan fingerprint density at radius 2 is 2.31 bits per heavy atom. The molecule has 1 aromatic heterocycles. The van der Waals surface area contributed by atoms with Crippen molar-refractivity contribution in [2.45, 2.75) is 13.0 Å². The summed E-state index contributed by atoms with van der Waals surface area (Å²) >= 11 is 3.23. The molecule has 0 fully saturated rings. The molecule has 1 aromatic rings. The van der Waals surface area contributed by atoms with E-state index in [1.807, 2.05) is 0 Å². The predicted molar refractivity (Wildman–Crippen MR) is 47.6 cm³/mol. The van der Waals surface area contributed by atoms with Crippen molar-refractivity contribution < 1.29 is 13.5 Å². The molecule has 0 aliphatic heterocycles. The van der Waals surface area contributed by atoms with Crippen molar-refractivity contribution in [2.24, 2.45) is 0 Å². The highest BCUT2D eigenvalue weighted by Crippen LogP contribution is 2.14. The van der Waals surface area contributed by atoms with Crippen LogP contribution in [0.3, 0.4) is 0 Å². The van der Waals surface area contributed by atoms with Crippen molar-refractivity contribution in [3.05, 3.63) is 28.5 Å². The van der Waals surface area contributed by atoms with Crippen LogP contribution in [0.2, 0.25) is 0 Å². The summed E-state index contributed by atoms with van der Waals surface area (Å²) in [5, 5.41) is 0.